The molecule has 0 heterocycles. The summed E-state index contributed by atoms with van der Waals surface area (Å²) in [5.41, 5.74) is 3.80. The molecule has 9 heteroatoms. The van der Waals surface area contributed by atoms with Gasteiger partial charge in [-0.2, -0.15) is 0 Å². The minimum Gasteiger partial charge on any atom is -0.495 e. The number of anilines is 1. The van der Waals surface area contributed by atoms with E-state index in [0.29, 0.717) is 12.3 Å². The molecule has 0 radical (unpaired) electrons. The number of nitrogens with zero attached hydrogens (tertiary/aromatic N) is 2. The predicted octanol–water partition coefficient (Wildman–Crippen LogP) is 5.01. The summed E-state index contributed by atoms with van der Waals surface area (Å²) >= 11 is 0. The highest BCUT2D eigenvalue weighted by atomic mass is 32.2. The van der Waals surface area contributed by atoms with E-state index in [1.54, 1.807) is 31.2 Å². The number of aryl methyl sites for hydroxylation is 3. The lowest BCUT2D eigenvalue weighted by Gasteiger charge is -2.32. The number of ether oxygens (including phenoxy) is 1. The van der Waals surface area contributed by atoms with Crippen LogP contribution in [0.3, 0.4) is 0 Å². The van der Waals surface area contributed by atoms with E-state index in [-0.39, 0.29) is 29.0 Å². The quantitative estimate of drug-likeness (QED) is 0.326. The van der Waals surface area contributed by atoms with Crippen LogP contribution in [-0.2, 0) is 26.2 Å². The number of amides is 2. The molecule has 3 aromatic rings. The highest BCUT2D eigenvalue weighted by molar-refractivity contribution is 7.92. The second kappa shape index (κ2) is 13.7. The second-order valence-corrected chi connectivity index (χ2v) is 12.7. The maximum Gasteiger partial charge on any atom is 0.264 e. The molecular weight excluding hydrogens is 538 g/mol. The van der Waals surface area contributed by atoms with Gasteiger partial charge in [0, 0.05) is 13.1 Å². The van der Waals surface area contributed by atoms with E-state index >= 15 is 0 Å². The summed E-state index contributed by atoms with van der Waals surface area (Å²) < 4.78 is 34.8. The van der Waals surface area contributed by atoms with Crippen molar-refractivity contribution in [1.82, 2.24) is 10.2 Å². The van der Waals surface area contributed by atoms with Crippen LogP contribution in [0.4, 0.5) is 5.69 Å². The van der Waals surface area contributed by atoms with Gasteiger partial charge in [0.2, 0.25) is 11.8 Å². The zero-order valence-electron chi connectivity index (χ0n) is 25.0. The molecule has 8 nitrogen and oxygen atoms in total. The van der Waals surface area contributed by atoms with Gasteiger partial charge in [-0.3, -0.25) is 13.9 Å². The molecule has 0 unspecified atom stereocenters. The first-order valence-electron chi connectivity index (χ1n) is 13.7. The van der Waals surface area contributed by atoms with Crippen LogP contribution in [0, 0.1) is 26.7 Å². The third kappa shape index (κ3) is 8.10. The Hall–Kier alpha value is -3.85. The molecule has 3 rings (SSSR count). The molecule has 0 aliphatic heterocycles. The molecule has 3 aromatic carbocycles. The molecule has 220 valence electrons. The van der Waals surface area contributed by atoms with Crippen molar-refractivity contribution in [3.05, 3.63) is 89.0 Å². The molecule has 1 atom stereocenters. The Balaban J connectivity index is 2.08. The topological polar surface area (TPSA) is 96.0 Å². The minimum atomic E-state index is -4.19. The van der Waals surface area contributed by atoms with Gasteiger partial charge in [-0.15, -0.1) is 0 Å². The summed E-state index contributed by atoms with van der Waals surface area (Å²) in [6.45, 7) is 11.4. The number of carbonyl (C=O) groups is 2. The van der Waals surface area contributed by atoms with Crippen molar-refractivity contribution in [3.63, 3.8) is 0 Å². The zero-order chi connectivity index (χ0) is 30.3. The largest absolute Gasteiger partial charge is 0.495 e. The predicted molar refractivity (Wildman–Crippen MR) is 162 cm³/mol. The van der Waals surface area contributed by atoms with Gasteiger partial charge < -0.3 is 15.0 Å². The van der Waals surface area contributed by atoms with Crippen LogP contribution < -0.4 is 14.4 Å². The van der Waals surface area contributed by atoms with E-state index in [4.69, 9.17) is 4.74 Å². The molecule has 0 saturated heterocycles. The zero-order valence-corrected chi connectivity index (χ0v) is 25.8. The standard InChI is InChI=1S/C32H41N3O5S/c1-22(2)19-33-32(37)26(6)34(20-27-10-8-9-24(4)17-27)31(36)21-35(29-18-25(5)13-16-30(29)40-7)41(38,39)28-14-11-23(3)12-15-28/h8-18,22,26H,19-21H2,1-7H3,(H,33,37)/t26-/m1/s1. The van der Waals surface area contributed by atoms with Crippen LogP contribution >= 0.6 is 0 Å². The van der Waals surface area contributed by atoms with E-state index in [2.05, 4.69) is 5.32 Å². The lowest BCUT2D eigenvalue weighted by atomic mass is 10.1. The fraction of sp³-hybridized carbons (Fsp3) is 0.375. The van der Waals surface area contributed by atoms with Gasteiger partial charge in [0.05, 0.1) is 17.7 Å². The Morgan fingerprint density at radius 1 is 0.878 bits per heavy atom. The molecule has 0 aliphatic rings. The number of nitrogens with one attached hydrogen (secondary N) is 1. The molecular formula is C32H41N3O5S. The molecule has 0 spiro atoms. The van der Waals surface area contributed by atoms with E-state index < -0.39 is 28.5 Å². The van der Waals surface area contributed by atoms with Crippen molar-refractivity contribution in [2.45, 2.75) is 59.0 Å². The van der Waals surface area contributed by atoms with Gasteiger partial charge in [0.25, 0.3) is 10.0 Å². The Kier molecular flexibility index (Phi) is 10.6. The van der Waals surface area contributed by atoms with Crippen molar-refractivity contribution < 1.29 is 22.7 Å². The first kappa shape index (κ1) is 31.7. The molecule has 2 amide bonds. The molecule has 0 aromatic heterocycles. The average molecular weight is 580 g/mol. The van der Waals surface area contributed by atoms with Crippen LogP contribution in [0.25, 0.3) is 0 Å². The Morgan fingerprint density at radius 3 is 2.12 bits per heavy atom. The fourth-order valence-electron chi connectivity index (χ4n) is 4.39. The monoisotopic (exact) mass is 579 g/mol. The molecule has 0 aliphatic carbocycles. The van der Waals surface area contributed by atoms with Gasteiger partial charge in [-0.05, 0) is 69.0 Å². The third-order valence-corrected chi connectivity index (χ3v) is 8.55. The molecule has 0 fully saturated rings. The van der Waals surface area contributed by atoms with E-state index in [9.17, 15) is 18.0 Å². The first-order valence-corrected chi connectivity index (χ1v) is 15.1. The smallest absolute Gasteiger partial charge is 0.264 e. The van der Waals surface area contributed by atoms with Crippen molar-refractivity contribution in [2.24, 2.45) is 5.92 Å². The van der Waals surface area contributed by atoms with E-state index in [1.165, 1.54) is 24.1 Å². The Labute approximate surface area is 244 Å². The highest BCUT2D eigenvalue weighted by Gasteiger charge is 2.34. The Bertz CT molecular complexity index is 1470. The number of benzene rings is 3. The summed E-state index contributed by atoms with van der Waals surface area (Å²) in [7, 11) is -2.73. The summed E-state index contributed by atoms with van der Waals surface area (Å²) in [6.07, 6.45) is 0. The van der Waals surface area contributed by atoms with Crippen LogP contribution in [0.2, 0.25) is 0 Å². The summed E-state index contributed by atoms with van der Waals surface area (Å²) in [4.78, 5) is 28.7. The average Bonchev–Trinajstić information content (AvgIpc) is 2.93. The van der Waals surface area contributed by atoms with Crippen LogP contribution in [0.15, 0.2) is 71.6 Å². The lowest BCUT2D eigenvalue weighted by Crippen LogP contribution is -2.51. The highest BCUT2D eigenvalue weighted by Crippen LogP contribution is 2.34. The normalized spacial score (nSPS) is 12.1. The van der Waals surface area contributed by atoms with Gasteiger partial charge >= 0.3 is 0 Å². The number of hydrogen-bond acceptors (Lipinski definition) is 5. The summed E-state index contributed by atoms with van der Waals surface area (Å²) in [6, 6.07) is 18.5. The maximum absolute atomic E-state index is 14.1. The fourth-order valence-corrected chi connectivity index (χ4v) is 5.80. The number of carbonyl (C=O) groups excluding carboxylic acids is 2. The number of sulfonamides is 1. The third-order valence-electron chi connectivity index (χ3n) is 6.78. The SMILES string of the molecule is COc1ccc(C)cc1N(CC(=O)N(Cc1cccc(C)c1)[C@H](C)C(=O)NCC(C)C)S(=O)(=O)c1ccc(C)cc1. The number of hydrogen-bond donors (Lipinski definition) is 1. The number of methoxy groups -OCH3 is 1. The Morgan fingerprint density at radius 2 is 1.51 bits per heavy atom. The second-order valence-electron chi connectivity index (χ2n) is 10.8. The molecule has 0 bridgehead atoms. The van der Waals surface area contributed by atoms with Crippen LogP contribution in [0.5, 0.6) is 5.75 Å². The van der Waals surface area contributed by atoms with Crippen molar-refractivity contribution in [1.29, 1.82) is 0 Å². The molecule has 0 saturated carbocycles. The molecule has 1 N–H and O–H groups in total. The van der Waals surface area contributed by atoms with Gasteiger partial charge in [-0.1, -0.05) is 67.4 Å². The van der Waals surface area contributed by atoms with Gasteiger partial charge in [-0.25, -0.2) is 8.42 Å². The molecule has 41 heavy (non-hydrogen) atoms. The van der Waals surface area contributed by atoms with E-state index in [0.717, 1.165) is 26.6 Å². The van der Waals surface area contributed by atoms with Gasteiger partial charge in [0.1, 0.15) is 18.3 Å². The lowest BCUT2D eigenvalue weighted by molar-refractivity contribution is -0.139. The van der Waals surface area contributed by atoms with Crippen molar-refractivity contribution in [2.75, 3.05) is 24.5 Å². The maximum atomic E-state index is 14.1. The van der Waals surface area contributed by atoms with Gasteiger partial charge in [0.15, 0.2) is 0 Å². The summed E-state index contributed by atoms with van der Waals surface area (Å²) in [5, 5.41) is 2.90. The van der Waals surface area contributed by atoms with Crippen LogP contribution in [-0.4, -0.2) is 51.4 Å². The first-order chi connectivity index (χ1) is 19.3. The number of rotatable bonds is 12. The van der Waals surface area contributed by atoms with Crippen molar-refractivity contribution >= 4 is 27.5 Å². The summed E-state index contributed by atoms with van der Waals surface area (Å²) in [5.74, 6) is -0.276. The minimum absolute atomic E-state index is 0.0485. The van der Waals surface area contributed by atoms with Crippen molar-refractivity contribution in [3.8, 4) is 5.75 Å². The van der Waals surface area contributed by atoms with Crippen LogP contribution in [0.1, 0.15) is 43.0 Å². The van der Waals surface area contributed by atoms with E-state index in [1.807, 2.05) is 65.0 Å².